The molecule has 2 aromatic rings. The first-order valence-corrected chi connectivity index (χ1v) is 11.1. The number of hydrogen-bond donors (Lipinski definition) is 2. The van der Waals surface area contributed by atoms with Gasteiger partial charge in [0, 0.05) is 32.9 Å². The highest BCUT2D eigenvalue weighted by atomic mass is 79.9. The van der Waals surface area contributed by atoms with Crippen LogP contribution in [0.5, 0.6) is 0 Å². The lowest BCUT2D eigenvalue weighted by molar-refractivity contribution is -0.152. The zero-order valence-electron chi connectivity index (χ0n) is 15.0. The third-order valence-electron chi connectivity index (χ3n) is 5.83. The molecule has 1 spiro atoms. The van der Waals surface area contributed by atoms with Gasteiger partial charge < -0.3 is 15.4 Å². The number of benzene rings is 2. The van der Waals surface area contributed by atoms with E-state index in [1.54, 1.807) is 11.8 Å². The molecule has 3 aliphatic rings. The van der Waals surface area contributed by atoms with E-state index in [4.69, 9.17) is 4.74 Å². The molecule has 0 unspecified atom stereocenters. The second-order valence-electron chi connectivity index (χ2n) is 7.46. The van der Waals surface area contributed by atoms with Crippen molar-refractivity contribution in [2.45, 2.75) is 35.3 Å². The van der Waals surface area contributed by atoms with Crippen molar-refractivity contribution in [2.75, 3.05) is 17.6 Å². The average Bonchev–Trinajstić information content (AvgIpc) is 3.26. The Bertz CT molecular complexity index is 982. The first-order chi connectivity index (χ1) is 13.6. The molecule has 1 saturated heterocycles. The number of anilines is 1. The van der Waals surface area contributed by atoms with Crippen molar-refractivity contribution >= 4 is 45.3 Å². The van der Waals surface area contributed by atoms with Gasteiger partial charge in [-0.15, -0.1) is 11.8 Å². The Morgan fingerprint density at radius 1 is 1.25 bits per heavy atom. The molecule has 0 aliphatic carbocycles. The molecule has 0 aromatic heterocycles. The molecule has 0 radical (unpaired) electrons. The van der Waals surface area contributed by atoms with Gasteiger partial charge >= 0.3 is 5.97 Å². The Kier molecular flexibility index (Phi) is 4.49. The van der Waals surface area contributed by atoms with Gasteiger partial charge in [0.2, 0.25) is 5.91 Å². The Labute approximate surface area is 175 Å². The number of amides is 1. The summed E-state index contributed by atoms with van der Waals surface area (Å²) in [7, 11) is 0. The van der Waals surface area contributed by atoms with Gasteiger partial charge in [-0.2, -0.15) is 0 Å². The van der Waals surface area contributed by atoms with Crippen molar-refractivity contribution in [2.24, 2.45) is 0 Å². The zero-order valence-corrected chi connectivity index (χ0v) is 17.4. The van der Waals surface area contributed by atoms with Crippen molar-refractivity contribution in [3.8, 4) is 0 Å². The first kappa shape index (κ1) is 18.2. The molecule has 28 heavy (non-hydrogen) atoms. The predicted molar refractivity (Wildman–Crippen MR) is 111 cm³/mol. The van der Waals surface area contributed by atoms with Gasteiger partial charge in [0.25, 0.3) is 0 Å². The first-order valence-electron chi connectivity index (χ1n) is 9.34. The molecule has 0 bridgehead atoms. The summed E-state index contributed by atoms with van der Waals surface area (Å²) < 4.78 is 6.89. The summed E-state index contributed by atoms with van der Waals surface area (Å²) in [5.74, 6) is 0.599. The molecular weight excluding hydrogens is 440 g/mol. The molecule has 5 nitrogen and oxygen atoms in total. The smallest absolute Gasteiger partial charge is 0.323 e. The normalized spacial score (nSPS) is 28.0. The van der Waals surface area contributed by atoms with E-state index in [0.29, 0.717) is 13.0 Å². The maximum absolute atomic E-state index is 12.9. The third-order valence-corrected chi connectivity index (χ3v) is 7.44. The number of thioether (sulfide) groups is 1. The van der Waals surface area contributed by atoms with Gasteiger partial charge in [0.1, 0.15) is 12.1 Å². The van der Waals surface area contributed by atoms with Crippen LogP contribution in [0.25, 0.3) is 0 Å². The van der Waals surface area contributed by atoms with Crippen molar-refractivity contribution in [1.82, 2.24) is 5.32 Å². The number of para-hydroxylation sites is 1. The molecule has 5 rings (SSSR count). The van der Waals surface area contributed by atoms with E-state index in [1.165, 1.54) is 0 Å². The number of fused-ring (bicyclic) bond motifs is 3. The molecular formula is C21H19BrN2O3S. The molecule has 7 heteroatoms. The Morgan fingerprint density at radius 2 is 2.11 bits per heavy atom. The van der Waals surface area contributed by atoms with Crippen LogP contribution in [0.1, 0.15) is 30.1 Å². The number of ether oxygens (including phenoxy) is 1. The number of nitrogens with one attached hydrogen (secondary N) is 2. The highest BCUT2D eigenvalue weighted by Gasteiger charge is 2.53. The minimum atomic E-state index is -0.691. The van der Waals surface area contributed by atoms with Crippen LogP contribution in [-0.2, 0) is 19.7 Å². The number of carbonyl (C=O) groups is 2. The largest absolute Gasteiger partial charge is 0.456 e. The Balaban J connectivity index is 1.35. The van der Waals surface area contributed by atoms with Gasteiger partial charge in [0.05, 0.1) is 5.41 Å². The third kappa shape index (κ3) is 2.88. The SMILES string of the molecule is O=C(O[C@H]1CCSc2ccc(Br)cc21)[C@H]1C[C@]2(CN1)C(=O)Nc1ccccc12. The monoisotopic (exact) mass is 458 g/mol. The van der Waals surface area contributed by atoms with Crippen LogP contribution in [0, 0.1) is 0 Å². The van der Waals surface area contributed by atoms with Crippen LogP contribution in [-0.4, -0.2) is 30.2 Å². The summed E-state index contributed by atoms with van der Waals surface area (Å²) in [6.07, 6.45) is 0.965. The standard InChI is InChI=1S/C21H19BrN2O3S/c22-12-5-6-18-13(9-12)17(7-8-28-18)27-19(25)16-10-21(11-23-16)14-3-1-2-4-15(14)24-20(21)26/h1-6,9,16-17,23H,7-8,10-11H2,(H,24,26)/t16-,17+,21-/m1/s1. The van der Waals surface area contributed by atoms with E-state index < -0.39 is 11.5 Å². The molecule has 1 fully saturated rings. The summed E-state index contributed by atoms with van der Waals surface area (Å²) in [4.78, 5) is 26.8. The minimum absolute atomic E-state index is 0.0418. The average molecular weight is 459 g/mol. The lowest BCUT2D eigenvalue weighted by Gasteiger charge is -2.26. The second kappa shape index (κ2) is 6.90. The lowest BCUT2D eigenvalue weighted by atomic mass is 9.79. The van der Waals surface area contributed by atoms with Gasteiger partial charge in [0.15, 0.2) is 0 Å². The molecule has 1 amide bonds. The molecule has 2 aromatic carbocycles. The molecule has 3 aliphatic heterocycles. The van der Waals surface area contributed by atoms with Crippen LogP contribution >= 0.6 is 27.7 Å². The maximum Gasteiger partial charge on any atom is 0.323 e. The molecule has 3 atom stereocenters. The maximum atomic E-state index is 12.9. The van der Waals surface area contributed by atoms with Crippen molar-refractivity contribution < 1.29 is 14.3 Å². The van der Waals surface area contributed by atoms with E-state index in [0.717, 1.165) is 38.4 Å². The second-order valence-corrected chi connectivity index (χ2v) is 9.52. The van der Waals surface area contributed by atoms with Crippen LogP contribution in [0.2, 0.25) is 0 Å². The van der Waals surface area contributed by atoms with Crippen LogP contribution in [0.15, 0.2) is 51.8 Å². The molecule has 3 heterocycles. The minimum Gasteiger partial charge on any atom is -0.456 e. The number of esters is 1. The van der Waals surface area contributed by atoms with Crippen LogP contribution in [0.4, 0.5) is 5.69 Å². The fourth-order valence-electron chi connectivity index (χ4n) is 4.39. The Hall–Kier alpha value is -1.83. The highest BCUT2D eigenvalue weighted by Crippen LogP contribution is 2.44. The van der Waals surface area contributed by atoms with Crippen LogP contribution in [0.3, 0.4) is 0 Å². The molecule has 144 valence electrons. The zero-order chi connectivity index (χ0) is 19.3. The molecule has 2 N–H and O–H groups in total. The molecule has 0 saturated carbocycles. The lowest BCUT2D eigenvalue weighted by Crippen LogP contribution is -2.36. The van der Waals surface area contributed by atoms with Gasteiger partial charge in [-0.25, -0.2) is 0 Å². The van der Waals surface area contributed by atoms with Gasteiger partial charge in [-0.1, -0.05) is 34.1 Å². The van der Waals surface area contributed by atoms with Crippen LogP contribution < -0.4 is 10.6 Å². The van der Waals surface area contributed by atoms with Crippen molar-refractivity contribution in [3.05, 3.63) is 58.1 Å². The summed E-state index contributed by atoms with van der Waals surface area (Å²) in [6, 6.07) is 13.3. The number of hydrogen-bond acceptors (Lipinski definition) is 5. The number of halogens is 1. The number of carbonyl (C=O) groups excluding carboxylic acids is 2. The van der Waals surface area contributed by atoms with E-state index in [1.807, 2.05) is 36.4 Å². The summed E-state index contributed by atoms with van der Waals surface area (Å²) >= 11 is 5.29. The topological polar surface area (TPSA) is 67.4 Å². The van der Waals surface area contributed by atoms with Gasteiger partial charge in [-0.3, -0.25) is 9.59 Å². The quantitative estimate of drug-likeness (QED) is 0.670. The van der Waals surface area contributed by atoms with E-state index in [2.05, 4.69) is 32.6 Å². The fourth-order valence-corrected chi connectivity index (χ4v) is 5.84. The van der Waals surface area contributed by atoms with Crippen molar-refractivity contribution in [1.29, 1.82) is 0 Å². The fraction of sp³-hybridized carbons (Fsp3) is 0.333. The van der Waals surface area contributed by atoms with E-state index in [-0.39, 0.29) is 18.0 Å². The summed E-state index contributed by atoms with van der Waals surface area (Å²) in [5.41, 5.74) is 2.16. The summed E-state index contributed by atoms with van der Waals surface area (Å²) in [6.45, 7) is 0.443. The highest BCUT2D eigenvalue weighted by molar-refractivity contribution is 9.10. The van der Waals surface area contributed by atoms with Gasteiger partial charge in [-0.05, 0) is 42.7 Å². The van der Waals surface area contributed by atoms with E-state index >= 15 is 0 Å². The summed E-state index contributed by atoms with van der Waals surface area (Å²) in [5, 5.41) is 6.19. The Morgan fingerprint density at radius 3 is 3.00 bits per heavy atom. The van der Waals surface area contributed by atoms with E-state index in [9.17, 15) is 9.59 Å². The van der Waals surface area contributed by atoms with Crippen molar-refractivity contribution in [3.63, 3.8) is 0 Å². The predicted octanol–water partition coefficient (Wildman–Crippen LogP) is 3.78. The number of rotatable bonds is 2.